The fourth-order valence-electron chi connectivity index (χ4n) is 2.80. The fourth-order valence-corrected chi connectivity index (χ4v) is 3.81. The predicted octanol–water partition coefficient (Wildman–Crippen LogP) is 4.31. The molecule has 1 unspecified atom stereocenters. The molecule has 30 heavy (non-hydrogen) atoms. The van der Waals surface area contributed by atoms with Crippen LogP contribution in [0.25, 0.3) is 10.6 Å². The number of aromatic nitrogens is 1. The SMILES string of the molecule is CC(OC(=O)Cc1csc(-c2cccc(Cl)c2)n1)C(=O)Nc1ccc2c(c1)OCO2. The lowest BCUT2D eigenvalue weighted by molar-refractivity contribution is -0.152. The van der Waals surface area contributed by atoms with Gasteiger partial charge in [0, 0.05) is 27.7 Å². The second-order valence-electron chi connectivity index (χ2n) is 6.52. The van der Waals surface area contributed by atoms with Gasteiger partial charge in [0.2, 0.25) is 6.79 Å². The molecule has 1 N–H and O–H groups in total. The highest BCUT2D eigenvalue weighted by atomic mass is 35.5. The summed E-state index contributed by atoms with van der Waals surface area (Å²) in [7, 11) is 0. The normalized spacial score (nSPS) is 13.0. The predicted molar refractivity (Wildman–Crippen MR) is 113 cm³/mol. The zero-order valence-corrected chi connectivity index (χ0v) is 17.5. The molecule has 0 aliphatic carbocycles. The number of fused-ring (bicyclic) bond motifs is 1. The zero-order valence-electron chi connectivity index (χ0n) is 15.9. The van der Waals surface area contributed by atoms with E-state index in [2.05, 4.69) is 10.3 Å². The minimum absolute atomic E-state index is 0.0291. The van der Waals surface area contributed by atoms with E-state index in [1.807, 2.05) is 18.2 Å². The Bertz CT molecular complexity index is 1100. The smallest absolute Gasteiger partial charge is 0.312 e. The van der Waals surface area contributed by atoms with E-state index in [9.17, 15) is 9.59 Å². The molecule has 1 aliphatic rings. The Hall–Kier alpha value is -3.10. The van der Waals surface area contributed by atoms with Crippen molar-refractivity contribution in [3.8, 4) is 22.1 Å². The molecule has 1 aliphatic heterocycles. The number of carbonyl (C=O) groups is 2. The number of halogens is 1. The molecule has 2 heterocycles. The van der Waals surface area contributed by atoms with E-state index in [1.54, 1.807) is 29.6 Å². The lowest BCUT2D eigenvalue weighted by Crippen LogP contribution is -2.30. The number of amides is 1. The molecule has 9 heteroatoms. The first-order valence-electron chi connectivity index (χ1n) is 9.08. The quantitative estimate of drug-likeness (QED) is 0.570. The zero-order chi connectivity index (χ0) is 21.1. The lowest BCUT2D eigenvalue weighted by Gasteiger charge is -2.13. The first-order valence-corrected chi connectivity index (χ1v) is 10.3. The Kier molecular flexibility index (Phi) is 5.87. The first kappa shape index (κ1) is 20.2. The van der Waals surface area contributed by atoms with Crippen molar-refractivity contribution >= 4 is 40.5 Å². The number of ether oxygens (including phenoxy) is 3. The van der Waals surface area contributed by atoms with Crippen molar-refractivity contribution < 1.29 is 23.8 Å². The van der Waals surface area contributed by atoms with E-state index < -0.39 is 18.0 Å². The number of nitrogens with zero attached hydrogens (tertiary/aromatic N) is 1. The Balaban J connectivity index is 1.32. The Morgan fingerprint density at radius 2 is 2.07 bits per heavy atom. The number of anilines is 1. The summed E-state index contributed by atoms with van der Waals surface area (Å²) < 4.78 is 15.8. The van der Waals surface area contributed by atoms with Crippen LogP contribution in [0.15, 0.2) is 47.8 Å². The van der Waals surface area contributed by atoms with Gasteiger partial charge in [-0.15, -0.1) is 11.3 Å². The molecule has 0 fully saturated rings. The van der Waals surface area contributed by atoms with Crippen LogP contribution in [0.4, 0.5) is 5.69 Å². The molecule has 0 spiro atoms. The second kappa shape index (κ2) is 8.73. The van der Waals surface area contributed by atoms with Gasteiger partial charge in [0.25, 0.3) is 5.91 Å². The molecular weight excluding hydrogens is 428 g/mol. The topological polar surface area (TPSA) is 86.8 Å². The fraction of sp³-hybridized carbons (Fsp3) is 0.190. The van der Waals surface area contributed by atoms with Crippen molar-refractivity contribution in [1.29, 1.82) is 0 Å². The maximum absolute atomic E-state index is 12.3. The number of hydrogen-bond donors (Lipinski definition) is 1. The third kappa shape index (κ3) is 4.72. The van der Waals surface area contributed by atoms with Crippen LogP contribution in [0.5, 0.6) is 11.5 Å². The Labute approximate surface area is 181 Å². The third-order valence-corrected chi connectivity index (χ3v) is 5.44. The van der Waals surface area contributed by atoms with Crippen LogP contribution in [0.1, 0.15) is 12.6 Å². The van der Waals surface area contributed by atoms with Crippen molar-refractivity contribution in [3.05, 3.63) is 58.6 Å². The van der Waals surface area contributed by atoms with Crippen LogP contribution in [0.2, 0.25) is 5.02 Å². The molecule has 2 aromatic carbocycles. The molecule has 7 nitrogen and oxygen atoms in total. The van der Waals surface area contributed by atoms with Crippen LogP contribution >= 0.6 is 22.9 Å². The highest BCUT2D eigenvalue weighted by molar-refractivity contribution is 7.13. The van der Waals surface area contributed by atoms with Crippen LogP contribution in [-0.4, -0.2) is 29.8 Å². The van der Waals surface area contributed by atoms with Gasteiger partial charge in [0.15, 0.2) is 17.6 Å². The summed E-state index contributed by atoms with van der Waals surface area (Å²) in [6.07, 6.45) is -0.993. The van der Waals surface area contributed by atoms with Crippen LogP contribution < -0.4 is 14.8 Å². The molecule has 0 saturated heterocycles. The number of carbonyl (C=O) groups excluding carboxylic acids is 2. The summed E-state index contributed by atoms with van der Waals surface area (Å²) >= 11 is 7.42. The molecule has 3 aromatic rings. The number of hydrogen-bond acceptors (Lipinski definition) is 7. The highest BCUT2D eigenvalue weighted by Crippen LogP contribution is 2.34. The van der Waals surface area contributed by atoms with Gasteiger partial charge in [-0.3, -0.25) is 9.59 Å². The number of benzene rings is 2. The van der Waals surface area contributed by atoms with E-state index in [1.165, 1.54) is 18.3 Å². The van der Waals surface area contributed by atoms with Gasteiger partial charge < -0.3 is 19.5 Å². The number of nitrogens with one attached hydrogen (secondary N) is 1. The summed E-state index contributed by atoms with van der Waals surface area (Å²) in [5.41, 5.74) is 1.98. The van der Waals surface area contributed by atoms with E-state index in [-0.39, 0.29) is 13.2 Å². The highest BCUT2D eigenvalue weighted by Gasteiger charge is 2.20. The summed E-state index contributed by atoms with van der Waals surface area (Å²) in [4.78, 5) is 29.0. The third-order valence-electron chi connectivity index (χ3n) is 4.27. The number of thiazole rings is 1. The van der Waals surface area contributed by atoms with Crippen molar-refractivity contribution in [2.24, 2.45) is 0 Å². The summed E-state index contributed by atoms with van der Waals surface area (Å²) in [6.45, 7) is 1.66. The van der Waals surface area contributed by atoms with Crippen molar-refractivity contribution in [3.63, 3.8) is 0 Å². The van der Waals surface area contributed by atoms with Gasteiger partial charge in [0.05, 0.1) is 12.1 Å². The van der Waals surface area contributed by atoms with Gasteiger partial charge in [0.1, 0.15) is 5.01 Å². The molecule has 0 bridgehead atoms. The van der Waals surface area contributed by atoms with Crippen LogP contribution in [0, 0.1) is 0 Å². The van der Waals surface area contributed by atoms with Crippen molar-refractivity contribution in [1.82, 2.24) is 4.98 Å². The minimum atomic E-state index is -0.964. The van der Waals surface area contributed by atoms with Gasteiger partial charge in [-0.2, -0.15) is 0 Å². The van der Waals surface area contributed by atoms with E-state index in [0.29, 0.717) is 27.9 Å². The molecular formula is C21H17ClN2O5S. The monoisotopic (exact) mass is 444 g/mol. The maximum atomic E-state index is 12.3. The molecule has 1 amide bonds. The van der Waals surface area contributed by atoms with E-state index in [0.717, 1.165) is 10.6 Å². The maximum Gasteiger partial charge on any atom is 0.312 e. The van der Waals surface area contributed by atoms with Gasteiger partial charge >= 0.3 is 5.97 Å². The summed E-state index contributed by atoms with van der Waals surface area (Å²) in [6, 6.07) is 12.4. The van der Waals surface area contributed by atoms with Crippen LogP contribution in [0.3, 0.4) is 0 Å². The molecule has 1 atom stereocenters. The number of esters is 1. The Morgan fingerprint density at radius 1 is 1.23 bits per heavy atom. The molecule has 0 radical (unpaired) electrons. The molecule has 1 aromatic heterocycles. The Morgan fingerprint density at radius 3 is 2.90 bits per heavy atom. The average molecular weight is 445 g/mol. The average Bonchev–Trinajstić information content (AvgIpc) is 3.36. The van der Waals surface area contributed by atoms with E-state index >= 15 is 0 Å². The molecule has 0 saturated carbocycles. The summed E-state index contributed by atoms with van der Waals surface area (Å²) in [5.74, 6) is 0.191. The number of rotatable bonds is 6. The minimum Gasteiger partial charge on any atom is -0.454 e. The lowest BCUT2D eigenvalue weighted by atomic mass is 10.2. The van der Waals surface area contributed by atoms with Crippen molar-refractivity contribution in [2.75, 3.05) is 12.1 Å². The van der Waals surface area contributed by atoms with Crippen LogP contribution in [-0.2, 0) is 20.7 Å². The largest absolute Gasteiger partial charge is 0.454 e. The van der Waals surface area contributed by atoms with Gasteiger partial charge in [-0.1, -0.05) is 23.7 Å². The second-order valence-corrected chi connectivity index (χ2v) is 7.82. The first-order chi connectivity index (χ1) is 14.5. The van der Waals surface area contributed by atoms with Crippen molar-refractivity contribution in [2.45, 2.75) is 19.4 Å². The molecule has 4 rings (SSSR count). The standard InChI is InChI=1S/C21H17ClN2O5S/c1-12(20(26)23-15-5-6-17-18(8-15)28-11-27-17)29-19(25)9-16-10-30-21(24-16)13-3-2-4-14(22)7-13/h2-8,10,12H,9,11H2,1H3,(H,23,26). The summed E-state index contributed by atoms with van der Waals surface area (Å²) in [5, 5.41) is 5.86. The molecule has 154 valence electrons. The van der Waals surface area contributed by atoms with E-state index in [4.69, 9.17) is 25.8 Å². The van der Waals surface area contributed by atoms with Gasteiger partial charge in [-0.05, 0) is 31.2 Å². The van der Waals surface area contributed by atoms with Gasteiger partial charge in [-0.25, -0.2) is 4.98 Å².